The quantitative estimate of drug-likeness (QED) is 0.648. The summed E-state index contributed by atoms with van der Waals surface area (Å²) in [6.45, 7) is 5.60. The maximum Gasteiger partial charge on any atom is 0.323 e. The van der Waals surface area contributed by atoms with Crippen LogP contribution < -0.4 is 5.73 Å². The minimum Gasteiger partial charge on any atom is -0.480 e. The van der Waals surface area contributed by atoms with Gasteiger partial charge in [-0.3, -0.25) is 4.79 Å². The van der Waals surface area contributed by atoms with Gasteiger partial charge in [0.15, 0.2) is 0 Å². The first-order chi connectivity index (χ1) is 4.90. The Morgan fingerprint density at radius 2 is 2.18 bits per heavy atom. The highest BCUT2D eigenvalue weighted by molar-refractivity contribution is 5.77. The lowest BCUT2D eigenvalue weighted by molar-refractivity contribution is -0.143. The molecular weight excluding hydrogens is 142 g/mol. The zero-order valence-corrected chi connectivity index (χ0v) is 7.42. The number of nitrogens with two attached hydrogens (primary N) is 1. The van der Waals surface area contributed by atoms with E-state index < -0.39 is 11.5 Å². The van der Waals surface area contributed by atoms with Gasteiger partial charge in [-0.05, 0) is 19.3 Å². The lowest BCUT2D eigenvalue weighted by atomic mass is 9.90. The van der Waals surface area contributed by atoms with Crippen LogP contribution in [-0.2, 0) is 4.79 Å². The Morgan fingerprint density at radius 1 is 1.73 bits per heavy atom. The molecule has 0 aliphatic rings. The van der Waals surface area contributed by atoms with E-state index in [4.69, 9.17) is 10.8 Å². The molecule has 0 aromatic rings. The molecule has 0 spiro atoms. The summed E-state index contributed by atoms with van der Waals surface area (Å²) >= 11 is 0. The fourth-order valence-electron chi connectivity index (χ4n) is 0.956. The molecule has 0 unspecified atom stereocenters. The van der Waals surface area contributed by atoms with Crippen molar-refractivity contribution in [2.75, 3.05) is 0 Å². The summed E-state index contributed by atoms with van der Waals surface area (Å²) in [4.78, 5) is 10.5. The molecule has 3 heteroatoms. The van der Waals surface area contributed by atoms with Crippen LogP contribution in [0.2, 0.25) is 0 Å². The molecule has 2 atom stereocenters. The molecule has 0 saturated heterocycles. The second kappa shape index (κ2) is 3.72. The smallest absolute Gasteiger partial charge is 0.323 e. The molecule has 11 heavy (non-hydrogen) atoms. The molecule has 3 nitrogen and oxygen atoms in total. The van der Waals surface area contributed by atoms with Gasteiger partial charge in [-0.15, -0.1) is 0 Å². The molecule has 0 fully saturated rings. The standard InChI is InChI=1S/C8H17NO2/c1-4-6(2)5-8(3,9)7(10)11/h6H,4-5,9H2,1-3H3,(H,10,11)/t6-,8+/m0/s1. The van der Waals surface area contributed by atoms with E-state index >= 15 is 0 Å². The van der Waals surface area contributed by atoms with Gasteiger partial charge in [-0.25, -0.2) is 0 Å². The Balaban J connectivity index is 4.01. The Labute approximate surface area is 67.6 Å². The van der Waals surface area contributed by atoms with Gasteiger partial charge in [0.05, 0.1) is 0 Å². The number of carbonyl (C=O) groups is 1. The number of carboxylic acids is 1. The summed E-state index contributed by atoms with van der Waals surface area (Å²) in [7, 11) is 0. The van der Waals surface area contributed by atoms with Gasteiger partial charge >= 0.3 is 5.97 Å². The van der Waals surface area contributed by atoms with E-state index in [0.717, 1.165) is 6.42 Å². The molecule has 0 aliphatic heterocycles. The van der Waals surface area contributed by atoms with E-state index in [1.807, 2.05) is 13.8 Å². The Bertz CT molecular complexity index is 143. The first kappa shape index (κ1) is 10.4. The van der Waals surface area contributed by atoms with E-state index in [9.17, 15) is 4.79 Å². The van der Waals surface area contributed by atoms with Crippen molar-refractivity contribution in [3.63, 3.8) is 0 Å². The van der Waals surface area contributed by atoms with Crippen molar-refractivity contribution in [1.29, 1.82) is 0 Å². The van der Waals surface area contributed by atoms with Crippen molar-refractivity contribution in [1.82, 2.24) is 0 Å². The number of hydrogen-bond acceptors (Lipinski definition) is 2. The summed E-state index contributed by atoms with van der Waals surface area (Å²) < 4.78 is 0. The highest BCUT2D eigenvalue weighted by Crippen LogP contribution is 2.16. The fourth-order valence-corrected chi connectivity index (χ4v) is 0.956. The summed E-state index contributed by atoms with van der Waals surface area (Å²) in [6.07, 6.45) is 1.51. The molecule has 0 amide bonds. The number of aliphatic carboxylic acids is 1. The second-order valence-electron chi connectivity index (χ2n) is 3.44. The summed E-state index contributed by atoms with van der Waals surface area (Å²) in [5.74, 6) is -0.543. The first-order valence-corrected chi connectivity index (χ1v) is 3.92. The van der Waals surface area contributed by atoms with Crippen molar-refractivity contribution in [3.8, 4) is 0 Å². The van der Waals surface area contributed by atoms with Gasteiger partial charge < -0.3 is 10.8 Å². The molecule has 0 aliphatic carbocycles. The van der Waals surface area contributed by atoms with Gasteiger partial charge in [-0.2, -0.15) is 0 Å². The van der Waals surface area contributed by atoms with Crippen LogP contribution in [-0.4, -0.2) is 16.6 Å². The maximum absolute atomic E-state index is 10.5. The van der Waals surface area contributed by atoms with Gasteiger partial charge in [0.25, 0.3) is 0 Å². The molecule has 66 valence electrons. The minimum absolute atomic E-state index is 0.376. The summed E-state index contributed by atoms with van der Waals surface area (Å²) in [5.41, 5.74) is 4.48. The molecule has 3 N–H and O–H groups in total. The molecule has 0 bridgehead atoms. The first-order valence-electron chi connectivity index (χ1n) is 3.92. The van der Waals surface area contributed by atoms with E-state index in [-0.39, 0.29) is 0 Å². The summed E-state index contributed by atoms with van der Waals surface area (Å²) in [5, 5.41) is 8.66. The monoisotopic (exact) mass is 159 g/mol. The lowest BCUT2D eigenvalue weighted by Crippen LogP contribution is -2.46. The molecule has 0 saturated carbocycles. The number of carboxylic acid groups (broad SMARTS) is 1. The van der Waals surface area contributed by atoms with Crippen LogP contribution in [0.3, 0.4) is 0 Å². The highest BCUT2D eigenvalue weighted by atomic mass is 16.4. The van der Waals surface area contributed by atoms with Crippen LogP contribution in [0.15, 0.2) is 0 Å². The van der Waals surface area contributed by atoms with E-state index in [0.29, 0.717) is 12.3 Å². The SMILES string of the molecule is CC[C@H](C)C[C@@](C)(N)C(=O)O. The molecule has 0 aromatic carbocycles. The Hall–Kier alpha value is -0.570. The van der Waals surface area contributed by atoms with Crippen LogP contribution in [0.25, 0.3) is 0 Å². The van der Waals surface area contributed by atoms with E-state index in [1.54, 1.807) is 6.92 Å². The average molecular weight is 159 g/mol. The van der Waals surface area contributed by atoms with Gasteiger partial charge in [0.2, 0.25) is 0 Å². The van der Waals surface area contributed by atoms with Gasteiger partial charge in [-0.1, -0.05) is 20.3 Å². The lowest BCUT2D eigenvalue weighted by Gasteiger charge is -2.22. The van der Waals surface area contributed by atoms with Crippen LogP contribution in [0.1, 0.15) is 33.6 Å². The van der Waals surface area contributed by atoms with Crippen LogP contribution >= 0.6 is 0 Å². The minimum atomic E-state index is -1.06. The fraction of sp³-hybridized carbons (Fsp3) is 0.875. The van der Waals surface area contributed by atoms with Gasteiger partial charge in [0, 0.05) is 0 Å². The van der Waals surface area contributed by atoms with Crippen LogP contribution in [0.5, 0.6) is 0 Å². The van der Waals surface area contributed by atoms with Crippen molar-refractivity contribution in [2.45, 2.75) is 39.2 Å². The maximum atomic E-state index is 10.5. The van der Waals surface area contributed by atoms with Crippen LogP contribution in [0.4, 0.5) is 0 Å². The zero-order chi connectivity index (χ0) is 9.07. The third kappa shape index (κ3) is 3.37. The van der Waals surface area contributed by atoms with Gasteiger partial charge in [0.1, 0.15) is 5.54 Å². The zero-order valence-electron chi connectivity index (χ0n) is 7.42. The topological polar surface area (TPSA) is 63.3 Å². The Morgan fingerprint density at radius 3 is 2.45 bits per heavy atom. The van der Waals surface area contributed by atoms with Crippen molar-refractivity contribution >= 4 is 5.97 Å². The largest absolute Gasteiger partial charge is 0.480 e. The molecule has 0 aromatic heterocycles. The molecule has 0 rings (SSSR count). The van der Waals surface area contributed by atoms with E-state index in [2.05, 4.69) is 0 Å². The molecular formula is C8H17NO2. The van der Waals surface area contributed by atoms with Crippen LogP contribution in [0, 0.1) is 5.92 Å². The predicted octanol–water partition coefficient (Wildman–Crippen LogP) is 1.22. The normalized spacial score (nSPS) is 18.9. The Kier molecular flexibility index (Phi) is 3.52. The number of rotatable bonds is 4. The van der Waals surface area contributed by atoms with E-state index in [1.165, 1.54) is 0 Å². The summed E-state index contributed by atoms with van der Waals surface area (Å²) in [6, 6.07) is 0. The molecule has 0 heterocycles. The van der Waals surface area contributed by atoms with Crippen molar-refractivity contribution < 1.29 is 9.90 Å². The average Bonchev–Trinajstić information content (AvgIpc) is 1.86. The molecule has 0 radical (unpaired) electrons. The van der Waals surface area contributed by atoms with Crippen molar-refractivity contribution in [2.24, 2.45) is 11.7 Å². The number of hydrogen-bond donors (Lipinski definition) is 2. The third-order valence-corrected chi connectivity index (χ3v) is 1.96. The second-order valence-corrected chi connectivity index (χ2v) is 3.44. The predicted molar refractivity (Wildman–Crippen MR) is 44.3 cm³/mol. The third-order valence-electron chi connectivity index (χ3n) is 1.96. The van der Waals surface area contributed by atoms with Crippen molar-refractivity contribution in [3.05, 3.63) is 0 Å². The highest BCUT2D eigenvalue weighted by Gasteiger charge is 2.28.